The number of unbranched alkanes of at least 4 members (excludes halogenated alkanes) is 1. The maximum absolute atomic E-state index is 11.9. The fraction of sp³-hybridized carbons (Fsp3) is 0.846. The summed E-state index contributed by atoms with van der Waals surface area (Å²) >= 11 is 0. The monoisotopic (exact) mass is 257 g/mol. The lowest BCUT2D eigenvalue weighted by Crippen LogP contribution is -2.46. The Morgan fingerprint density at radius 3 is 2.50 bits per heavy atom. The van der Waals surface area contributed by atoms with Crippen molar-refractivity contribution in [1.29, 1.82) is 0 Å². The molecule has 1 N–H and O–H groups in total. The molecule has 0 unspecified atom stereocenters. The van der Waals surface area contributed by atoms with Crippen molar-refractivity contribution in [2.75, 3.05) is 13.2 Å². The lowest BCUT2D eigenvalue weighted by atomic mass is 10.2. The number of carbonyl (C=O) groups is 2. The average molecular weight is 257 g/mol. The molecule has 0 saturated heterocycles. The van der Waals surface area contributed by atoms with Gasteiger partial charge in [0, 0.05) is 0 Å². The largest absolute Gasteiger partial charge is 0.464 e. The predicted octanol–water partition coefficient (Wildman–Crippen LogP) is 2.24. The minimum absolute atomic E-state index is 0.162. The van der Waals surface area contributed by atoms with Crippen LogP contribution in [0, 0.1) is 5.92 Å². The van der Waals surface area contributed by atoms with Gasteiger partial charge in [0.05, 0.1) is 13.2 Å². The lowest BCUT2D eigenvalue weighted by Gasteiger charge is -2.17. The van der Waals surface area contributed by atoms with Crippen molar-refractivity contribution >= 4 is 12.1 Å². The second kappa shape index (κ2) is 6.61. The molecule has 0 bridgehead atoms. The van der Waals surface area contributed by atoms with E-state index in [9.17, 15) is 9.59 Å². The molecule has 0 heterocycles. The predicted molar refractivity (Wildman–Crippen MR) is 67.2 cm³/mol. The Kier molecular flexibility index (Phi) is 5.44. The number of nitrogens with one attached hydrogen (secondary N) is 1. The first-order chi connectivity index (χ1) is 8.60. The highest BCUT2D eigenvalue weighted by Gasteiger charge is 2.61. The number of rotatable bonds is 7. The molecule has 1 aliphatic rings. The highest BCUT2D eigenvalue weighted by atomic mass is 16.6. The number of alkyl carbamates (subject to hydrolysis) is 1. The lowest BCUT2D eigenvalue weighted by molar-refractivity contribution is -0.147. The molecule has 1 fully saturated rings. The summed E-state index contributed by atoms with van der Waals surface area (Å²) in [5, 5.41) is 2.68. The summed E-state index contributed by atoms with van der Waals surface area (Å²) in [7, 11) is 0. The van der Waals surface area contributed by atoms with E-state index in [0.29, 0.717) is 19.6 Å². The molecule has 0 radical (unpaired) electrons. The van der Waals surface area contributed by atoms with Crippen molar-refractivity contribution in [3.05, 3.63) is 0 Å². The standard InChI is InChI=1S/C13H23NO4/c1-4-7-8-18-12(16)14-13(9-10(13)5-2)11(15)17-6-3/h10H,4-9H2,1-3H3,(H,14,16)/t10-,13-/m1/s1. The van der Waals surface area contributed by atoms with Gasteiger partial charge in [-0.3, -0.25) is 0 Å². The van der Waals surface area contributed by atoms with E-state index >= 15 is 0 Å². The Morgan fingerprint density at radius 2 is 2.00 bits per heavy atom. The van der Waals surface area contributed by atoms with Crippen LogP contribution in [-0.4, -0.2) is 30.8 Å². The van der Waals surface area contributed by atoms with Gasteiger partial charge in [-0.25, -0.2) is 9.59 Å². The van der Waals surface area contributed by atoms with Crippen molar-refractivity contribution in [2.45, 2.75) is 52.0 Å². The maximum atomic E-state index is 11.9. The first kappa shape index (κ1) is 14.8. The Hall–Kier alpha value is -1.26. The van der Waals surface area contributed by atoms with E-state index in [1.165, 1.54) is 0 Å². The van der Waals surface area contributed by atoms with Gasteiger partial charge >= 0.3 is 12.1 Å². The van der Waals surface area contributed by atoms with Crippen LogP contribution in [0.5, 0.6) is 0 Å². The molecule has 0 spiro atoms. The van der Waals surface area contributed by atoms with E-state index in [0.717, 1.165) is 19.3 Å². The van der Waals surface area contributed by atoms with Gasteiger partial charge in [0.1, 0.15) is 5.54 Å². The van der Waals surface area contributed by atoms with E-state index in [-0.39, 0.29) is 11.9 Å². The van der Waals surface area contributed by atoms with E-state index in [4.69, 9.17) is 9.47 Å². The quantitative estimate of drug-likeness (QED) is 0.561. The van der Waals surface area contributed by atoms with Crippen molar-refractivity contribution in [1.82, 2.24) is 5.32 Å². The molecule has 104 valence electrons. The van der Waals surface area contributed by atoms with Gasteiger partial charge in [-0.15, -0.1) is 0 Å². The van der Waals surface area contributed by atoms with Crippen LogP contribution in [0.25, 0.3) is 0 Å². The highest BCUT2D eigenvalue weighted by molar-refractivity contribution is 5.89. The van der Waals surface area contributed by atoms with E-state index in [2.05, 4.69) is 5.32 Å². The van der Waals surface area contributed by atoms with E-state index in [1.807, 2.05) is 13.8 Å². The molecule has 0 aromatic carbocycles. The summed E-state index contributed by atoms with van der Waals surface area (Å²) in [5.74, 6) is -0.181. The molecule has 1 amide bonds. The summed E-state index contributed by atoms with van der Waals surface area (Å²) < 4.78 is 10.0. The van der Waals surface area contributed by atoms with Gasteiger partial charge in [0.25, 0.3) is 0 Å². The molecule has 5 heteroatoms. The van der Waals surface area contributed by atoms with Crippen LogP contribution in [0.2, 0.25) is 0 Å². The van der Waals surface area contributed by atoms with Crippen molar-refractivity contribution in [2.24, 2.45) is 5.92 Å². The van der Waals surface area contributed by atoms with Gasteiger partial charge in [0.2, 0.25) is 0 Å². The maximum Gasteiger partial charge on any atom is 0.408 e. The molecule has 1 saturated carbocycles. The summed E-state index contributed by atoms with van der Waals surface area (Å²) in [5.41, 5.74) is -0.839. The Bertz CT molecular complexity index is 305. The Morgan fingerprint density at radius 1 is 1.28 bits per heavy atom. The fourth-order valence-electron chi connectivity index (χ4n) is 2.06. The van der Waals surface area contributed by atoms with Crippen LogP contribution < -0.4 is 5.32 Å². The summed E-state index contributed by atoms with van der Waals surface area (Å²) in [6.07, 6.45) is 2.76. The number of amides is 1. The smallest absolute Gasteiger partial charge is 0.408 e. The van der Waals surface area contributed by atoms with Crippen molar-refractivity contribution in [3.63, 3.8) is 0 Å². The third-order valence-corrected chi connectivity index (χ3v) is 3.29. The topological polar surface area (TPSA) is 64.6 Å². The van der Waals surface area contributed by atoms with Crippen LogP contribution in [-0.2, 0) is 14.3 Å². The van der Waals surface area contributed by atoms with Gasteiger partial charge < -0.3 is 14.8 Å². The number of esters is 1. The molecule has 1 rings (SSSR count). The fourth-order valence-corrected chi connectivity index (χ4v) is 2.06. The van der Waals surface area contributed by atoms with Gasteiger partial charge in [-0.2, -0.15) is 0 Å². The molecular weight excluding hydrogens is 234 g/mol. The normalized spacial score (nSPS) is 25.4. The van der Waals surface area contributed by atoms with E-state index in [1.54, 1.807) is 6.92 Å². The van der Waals surface area contributed by atoms with Crippen LogP contribution in [0.1, 0.15) is 46.5 Å². The minimum atomic E-state index is -0.839. The number of ether oxygens (including phenoxy) is 2. The van der Waals surface area contributed by atoms with Crippen molar-refractivity contribution < 1.29 is 19.1 Å². The van der Waals surface area contributed by atoms with Gasteiger partial charge in [-0.05, 0) is 25.7 Å². The molecule has 5 nitrogen and oxygen atoms in total. The molecule has 0 aliphatic heterocycles. The summed E-state index contributed by atoms with van der Waals surface area (Å²) in [6.45, 7) is 6.49. The summed E-state index contributed by atoms with van der Waals surface area (Å²) in [4.78, 5) is 23.5. The second-order valence-electron chi connectivity index (χ2n) is 4.62. The van der Waals surface area contributed by atoms with Gasteiger partial charge in [-0.1, -0.05) is 26.7 Å². The van der Waals surface area contributed by atoms with Crippen LogP contribution >= 0.6 is 0 Å². The molecular formula is C13H23NO4. The Labute approximate surface area is 108 Å². The third kappa shape index (κ3) is 3.37. The zero-order valence-electron chi connectivity index (χ0n) is 11.5. The summed E-state index contributed by atoms with van der Waals surface area (Å²) in [6, 6.07) is 0. The zero-order chi connectivity index (χ0) is 13.6. The minimum Gasteiger partial charge on any atom is -0.464 e. The van der Waals surface area contributed by atoms with Crippen LogP contribution in [0.4, 0.5) is 4.79 Å². The number of carbonyl (C=O) groups excluding carboxylic acids is 2. The second-order valence-corrected chi connectivity index (χ2v) is 4.62. The number of hydrogen-bond acceptors (Lipinski definition) is 4. The van der Waals surface area contributed by atoms with Crippen LogP contribution in [0.3, 0.4) is 0 Å². The molecule has 1 aliphatic carbocycles. The first-order valence-corrected chi connectivity index (χ1v) is 6.72. The Balaban J connectivity index is 2.49. The van der Waals surface area contributed by atoms with Crippen molar-refractivity contribution in [3.8, 4) is 0 Å². The highest BCUT2D eigenvalue weighted by Crippen LogP contribution is 2.46. The molecule has 2 atom stereocenters. The molecule has 18 heavy (non-hydrogen) atoms. The third-order valence-electron chi connectivity index (χ3n) is 3.29. The van der Waals surface area contributed by atoms with Gasteiger partial charge in [0.15, 0.2) is 0 Å². The van der Waals surface area contributed by atoms with E-state index < -0.39 is 11.6 Å². The first-order valence-electron chi connectivity index (χ1n) is 6.72. The molecule has 0 aromatic rings. The number of hydrogen-bond donors (Lipinski definition) is 1. The average Bonchev–Trinajstić information content (AvgIpc) is 3.04. The zero-order valence-corrected chi connectivity index (χ0v) is 11.5. The molecule has 0 aromatic heterocycles. The SMILES string of the molecule is CCCCOC(=O)N[C@]1(C(=O)OCC)C[C@H]1CC. The van der Waals surface area contributed by atoms with Crippen LogP contribution in [0.15, 0.2) is 0 Å².